The Balaban J connectivity index is 2.67. The first-order chi connectivity index (χ1) is 8.49. The van der Waals surface area contributed by atoms with Gasteiger partial charge in [-0.25, -0.2) is 18.1 Å². The summed E-state index contributed by atoms with van der Waals surface area (Å²) in [5.41, 5.74) is 0. The number of hydrogen-bond donors (Lipinski definition) is 2. The fourth-order valence-electron chi connectivity index (χ4n) is 1.37. The molecule has 0 aliphatic carbocycles. The van der Waals surface area contributed by atoms with Crippen molar-refractivity contribution in [3.8, 4) is 0 Å². The molecular weight excluding hydrogens is 254 g/mol. The van der Waals surface area contributed by atoms with Crippen molar-refractivity contribution in [2.75, 3.05) is 32.6 Å². The number of nitrogens with zero attached hydrogens (tertiary/aromatic N) is 1. The molecule has 0 aliphatic rings. The Labute approximate surface area is 108 Å². The van der Waals surface area contributed by atoms with Crippen LogP contribution in [0.15, 0.2) is 23.2 Å². The molecule has 0 bridgehead atoms. The number of ether oxygens (including phenoxy) is 1. The maximum atomic E-state index is 11.9. The number of rotatable bonds is 7. The summed E-state index contributed by atoms with van der Waals surface area (Å²) in [4.78, 5) is 4.13. The zero-order valence-corrected chi connectivity index (χ0v) is 11.6. The summed E-state index contributed by atoms with van der Waals surface area (Å²) < 4.78 is 31.3. The van der Waals surface area contributed by atoms with Gasteiger partial charge in [0, 0.05) is 33.5 Å². The van der Waals surface area contributed by atoms with Gasteiger partial charge in [0.2, 0.25) is 10.0 Å². The maximum absolute atomic E-state index is 11.9. The number of hydrogen-bond acceptors (Lipinski definition) is 5. The van der Waals surface area contributed by atoms with Crippen LogP contribution in [-0.2, 0) is 14.8 Å². The summed E-state index contributed by atoms with van der Waals surface area (Å²) in [5, 5.41) is 2.83. The van der Waals surface area contributed by atoms with Crippen molar-refractivity contribution in [3.05, 3.63) is 18.3 Å². The topological polar surface area (TPSA) is 80.3 Å². The molecule has 0 amide bonds. The summed E-state index contributed by atoms with van der Waals surface area (Å²) in [6.07, 6.45) is 1.33. The Bertz CT molecular complexity index is 459. The predicted molar refractivity (Wildman–Crippen MR) is 70.0 cm³/mol. The van der Waals surface area contributed by atoms with E-state index < -0.39 is 10.0 Å². The molecule has 6 nitrogen and oxygen atoms in total. The average Bonchev–Trinajstić information content (AvgIpc) is 2.37. The molecule has 1 aromatic heterocycles. The molecule has 1 unspecified atom stereocenters. The first-order valence-corrected chi connectivity index (χ1v) is 7.10. The predicted octanol–water partition coefficient (Wildman–Crippen LogP) is 0.684. The van der Waals surface area contributed by atoms with Crippen LogP contribution >= 0.6 is 0 Å². The van der Waals surface area contributed by atoms with Crippen LogP contribution in [0, 0.1) is 5.92 Å². The van der Waals surface area contributed by atoms with Gasteiger partial charge < -0.3 is 10.1 Å². The summed E-state index contributed by atoms with van der Waals surface area (Å²) in [5.74, 6) is 0.746. The fourth-order valence-corrected chi connectivity index (χ4v) is 2.48. The number of pyridine rings is 1. The lowest BCUT2D eigenvalue weighted by Crippen LogP contribution is -2.30. The molecule has 0 spiro atoms. The van der Waals surface area contributed by atoms with E-state index in [0.29, 0.717) is 19.0 Å². The average molecular weight is 273 g/mol. The van der Waals surface area contributed by atoms with E-state index in [9.17, 15) is 8.42 Å². The molecule has 102 valence electrons. The molecule has 2 N–H and O–H groups in total. The SMILES string of the molecule is CNc1ccc(S(=O)(=O)NCC(C)COC)cn1. The molecule has 1 heterocycles. The highest BCUT2D eigenvalue weighted by atomic mass is 32.2. The van der Waals surface area contributed by atoms with E-state index in [2.05, 4.69) is 15.0 Å². The first kappa shape index (κ1) is 14.9. The van der Waals surface area contributed by atoms with E-state index in [4.69, 9.17) is 4.74 Å². The van der Waals surface area contributed by atoms with Crippen LogP contribution in [0.4, 0.5) is 5.82 Å². The molecule has 18 heavy (non-hydrogen) atoms. The lowest BCUT2D eigenvalue weighted by atomic mass is 10.2. The van der Waals surface area contributed by atoms with Crippen LogP contribution in [0.5, 0.6) is 0 Å². The van der Waals surface area contributed by atoms with Crippen molar-refractivity contribution in [1.82, 2.24) is 9.71 Å². The van der Waals surface area contributed by atoms with Gasteiger partial charge in [0.15, 0.2) is 0 Å². The van der Waals surface area contributed by atoms with Gasteiger partial charge in [0.05, 0.1) is 0 Å². The van der Waals surface area contributed by atoms with E-state index in [1.807, 2.05) is 6.92 Å². The highest BCUT2D eigenvalue weighted by Crippen LogP contribution is 2.10. The standard InChI is InChI=1S/C11H19N3O3S/c1-9(8-17-3)6-14-18(15,16)10-4-5-11(12-2)13-7-10/h4-5,7,9,14H,6,8H2,1-3H3,(H,12,13). The van der Waals surface area contributed by atoms with E-state index >= 15 is 0 Å². The Kier molecular flexibility index (Phi) is 5.52. The largest absolute Gasteiger partial charge is 0.384 e. The Morgan fingerprint density at radius 1 is 1.44 bits per heavy atom. The second-order valence-electron chi connectivity index (χ2n) is 4.04. The smallest absolute Gasteiger partial charge is 0.242 e. The second kappa shape index (κ2) is 6.67. The van der Waals surface area contributed by atoms with E-state index in [1.54, 1.807) is 20.2 Å². The maximum Gasteiger partial charge on any atom is 0.242 e. The first-order valence-electron chi connectivity index (χ1n) is 5.62. The van der Waals surface area contributed by atoms with Crippen LogP contribution in [0.25, 0.3) is 0 Å². The van der Waals surface area contributed by atoms with Crippen LogP contribution in [0.2, 0.25) is 0 Å². The van der Waals surface area contributed by atoms with E-state index in [0.717, 1.165) is 0 Å². The minimum absolute atomic E-state index is 0.120. The fraction of sp³-hybridized carbons (Fsp3) is 0.545. The lowest BCUT2D eigenvalue weighted by Gasteiger charge is -2.12. The monoisotopic (exact) mass is 273 g/mol. The van der Waals surface area contributed by atoms with Gasteiger partial charge >= 0.3 is 0 Å². The molecule has 0 radical (unpaired) electrons. The van der Waals surface area contributed by atoms with Gasteiger partial charge in [-0.15, -0.1) is 0 Å². The van der Waals surface area contributed by atoms with Crippen LogP contribution < -0.4 is 10.0 Å². The van der Waals surface area contributed by atoms with Gasteiger partial charge in [-0.3, -0.25) is 0 Å². The zero-order chi connectivity index (χ0) is 13.6. The molecule has 0 saturated carbocycles. The number of aromatic nitrogens is 1. The van der Waals surface area contributed by atoms with Crippen molar-refractivity contribution < 1.29 is 13.2 Å². The molecule has 0 saturated heterocycles. The summed E-state index contributed by atoms with van der Waals surface area (Å²) in [6.45, 7) is 2.76. The molecule has 1 atom stereocenters. The normalized spacial score (nSPS) is 13.3. The molecule has 7 heteroatoms. The summed E-state index contributed by atoms with van der Waals surface area (Å²) >= 11 is 0. The van der Waals surface area contributed by atoms with Crippen molar-refractivity contribution in [2.24, 2.45) is 5.92 Å². The van der Waals surface area contributed by atoms with Crippen LogP contribution in [0.1, 0.15) is 6.92 Å². The van der Waals surface area contributed by atoms with Crippen LogP contribution in [-0.4, -0.2) is 40.7 Å². The molecule has 0 aromatic carbocycles. The summed E-state index contributed by atoms with van der Waals surface area (Å²) in [7, 11) is -0.182. The van der Waals surface area contributed by atoms with Gasteiger partial charge in [-0.2, -0.15) is 0 Å². The molecule has 0 fully saturated rings. The molecule has 0 aliphatic heterocycles. The molecular formula is C11H19N3O3S. The van der Waals surface area contributed by atoms with E-state index in [1.165, 1.54) is 12.3 Å². The second-order valence-corrected chi connectivity index (χ2v) is 5.81. The minimum Gasteiger partial charge on any atom is -0.384 e. The Hall–Kier alpha value is -1.18. The number of methoxy groups -OCH3 is 1. The van der Waals surface area contributed by atoms with Gasteiger partial charge in [0.1, 0.15) is 10.7 Å². The Morgan fingerprint density at radius 3 is 2.67 bits per heavy atom. The highest BCUT2D eigenvalue weighted by Gasteiger charge is 2.15. The van der Waals surface area contributed by atoms with Crippen molar-refractivity contribution in [2.45, 2.75) is 11.8 Å². The third kappa shape index (κ3) is 4.25. The molecule has 1 aromatic rings. The van der Waals surface area contributed by atoms with Gasteiger partial charge in [-0.05, 0) is 18.1 Å². The number of nitrogens with one attached hydrogen (secondary N) is 2. The van der Waals surface area contributed by atoms with Crippen molar-refractivity contribution in [1.29, 1.82) is 0 Å². The van der Waals surface area contributed by atoms with Gasteiger partial charge in [-0.1, -0.05) is 6.92 Å². The zero-order valence-electron chi connectivity index (χ0n) is 10.8. The number of anilines is 1. The summed E-state index contributed by atoms with van der Waals surface area (Å²) in [6, 6.07) is 3.13. The van der Waals surface area contributed by atoms with Crippen molar-refractivity contribution in [3.63, 3.8) is 0 Å². The highest BCUT2D eigenvalue weighted by molar-refractivity contribution is 7.89. The third-order valence-corrected chi connectivity index (χ3v) is 3.78. The minimum atomic E-state index is -3.49. The van der Waals surface area contributed by atoms with Crippen molar-refractivity contribution >= 4 is 15.8 Å². The quantitative estimate of drug-likeness (QED) is 0.764. The lowest BCUT2D eigenvalue weighted by molar-refractivity contribution is 0.161. The number of sulfonamides is 1. The Morgan fingerprint density at radius 2 is 2.17 bits per heavy atom. The van der Waals surface area contributed by atoms with Gasteiger partial charge in [0.25, 0.3) is 0 Å². The van der Waals surface area contributed by atoms with E-state index in [-0.39, 0.29) is 10.8 Å². The third-order valence-electron chi connectivity index (χ3n) is 2.38. The van der Waals surface area contributed by atoms with Crippen LogP contribution in [0.3, 0.4) is 0 Å². The molecule has 1 rings (SSSR count).